The van der Waals surface area contributed by atoms with Crippen LogP contribution in [0.1, 0.15) is 32.6 Å². The number of hydrogen-bond donors (Lipinski definition) is 0. The molecule has 0 spiro atoms. The van der Waals surface area contributed by atoms with Crippen LogP contribution in [0.2, 0.25) is 0 Å². The molecule has 0 atom stereocenters. The first-order valence-corrected chi connectivity index (χ1v) is 5.96. The third kappa shape index (κ3) is 3.35. The molecule has 0 aromatic heterocycles. The summed E-state index contributed by atoms with van der Waals surface area (Å²) in [6.45, 7) is 4.08. The summed E-state index contributed by atoms with van der Waals surface area (Å²) in [6, 6.07) is 0. The van der Waals surface area contributed by atoms with Crippen molar-refractivity contribution in [1.29, 1.82) is 0 Å². The van der Waals surface area contributed by atoms with Crippen molar-refractivity contribution in [1.82, 2.24) is 0 Å². The van der Waals surface area contributed by atoms with E-state index in [0.717, 1.165) is 25.6 Å². The highest BCUT2D eigenvalue weighted by atomic mass is 16.5. The third-order valence-corrected chi connectivity index (χ3v) is 3.25. The zero-order valence-electron chi connectivity index (χ0n) is 9.54. The number of hydrogen-bond acceptors (Lipinski definition) is 1. The fourth-order valence-electron chi connectivity index (χ4n) is 2.21. The average molecular weight is 204 g/mol. The van der Waals surface area contributed by atoms with Gasteiger partial charge in [0.2, 0.25) is 0 Å². The molecule has 2 aliphatic rings. The molecule has 0 saturated carbocycles. The molecule has 2 rings (SSSR count). The second-order valence-corrected chi connectivity index (χ2v) is 4.56. The lowest BCUT2D eigenvalue weighted by molar-refractivity contribution is 0.0667. The van der Waals surface area contributed by atoms with Crippen molar-refractivity contribution >= 4 is 0 Å². The van der Waals surface area contributed by atoms with Gasteiger partial charge in [-0.1, -0.05) is 35.5 Å². The van der Waals surface area contributed by atoms with Crippen molar-refractivity contribution in [2.24, 2.45) is 5.92 Å². The smallest absolute Gasteiger partial charge is 0.0468 e. The van der Waals surface area contributed by atoms with E-state index in [1.165, 1.54) is 30.4 Å². The molecule has 0 bridgehead atoms. The van der Waals surface area contributed by atoms with Gasteiger partial charge in [0.05, 0.1) is 0 Å². The van der Waals surface area contributed by atoms with Gasteiger partial charge < -0.3 is 4.74 Å². The van der Waals surface area contributed by atoms with Gasteiger partial charge in [0.1, 0.15) is 0 Å². The van der Waals surface area contributed by atoms with Crippen LogP contribution in [0.4, 0.5) is 0 Å². The second-order valence-electron chi connectivity index (χ2n) is 4.56. The molecule has 1 heteroatoms. The Morgan fingerprint density at radius 3 is 2.80 bits per heavy atom. The van der Waals surface area contributed by atoms with E-state index in [-0.39, 0.29) is 0 Å². The maximum absolute atomic E-state index is 5.38. The first-order chi connectivity index (χ1) is 7.34. The maximum atomic E-state index is 5.38. The molecule has 1 heterocycles. The van der Waals surface area contributed by atoms with Gasteiger partial charge in [-0.25, -0.2) is 0 Å². The van der Waals surface area contributed by atoms with Gasteiger partial charge in [0.25, 0.3) is 0 Å². The predicted octanol–water partition coefficient (Wildman–Crippen LogP) is 3.64. The van der Waals surface area contributed by atoms with Crippen LogP contribution in [0, 0.1) is 5.92 Å². The van der Waals surface area contributed by atoms with Crippen LogP contribution in [0.3, 0.4) is 0 Å². The second kappa shape index (κ2) is 5.32. The highest BCUT2D eigenvalue weighted by molar-refractivity contribution is 5.31. The summed E-state index contributed by atoms with van der Waals surface area (Å²) in [5, 5.41) is 0. The number of rotatable bonds is 2. The maximum Gasteiger partial charge on any atom is 0.0468 e. The van der Waals surface area contributed by atoms with Crippen LogP contribution in [0.15, 0.2) is 35.5 Å². The quantitative estimate of drug-likeness (QED) is 0.667. The highest BCUT2D eigenvalue weighted by Crippen LogP contribution is 2.24. The molecule has 0 aromatic carbocycles. The minimum Gasteiger partial charge on any atom is -0.381 e. The van der Waals surface area contributed by atoms with Gasteiger partial charge in [-0.15, -0.1) is 0 Å². The molecule has 0 N–H and O–H groups in total. The van der Waals surface area contributed by atoms with E-state index in [4.69, 9.17) is 4.74 Å². The van der Waals surface area contributed by atoms with Crippen molar-refractivity contribution in [3.05, 3.63) is 35.5 Å². The summed E-state index contributed by atoms with van der Waals surface area (Å²) in [4.78, 5) is 0. The van der Waals surface area contributed by atoms with Crippen LogP contribution < -0.4 is 0 Å². The van der Waals surface area contributed by atoms with E-state index in [1.807, 2.05) is 0 Å². The monoisotopic (exact) mass is 204 g/mol. The van der Waals surface area contributed by atoms with Crippen LogP contribution >= 0.6 is 0 Å². The topological polar surface area (TPSA) is 9.23 Å². The van der Waals surface area contributed by atoms with E-state index in [0.29, 0.717) is 0 Å². The van der Waals surface area contributed by atoms with E-state index in [1.54, 1.807) is 0 Å². The Labute approximate surface area is 92.5 Å². The van der Waals surface area contributed by atoms with Crippen LogP contribution in [0.25, 0.3) is 0 Å². The van der Waals surface area contributed by atoms with Gasteiger partial charge >= 0.3 is 0 Å². The molecular formula is C14H20O. The standard InChI is InChI=1S/C14H20O/c1-12-3-2-4-13(6-5-12)11-14-7-9-15-10-8-14/h3-6,14H,2,7-11H2,1H3. The lowest BCUT2D eigenvalue weighted by atomic mass is 9.92. The van der Waals surface area contributed by atoms with Crippen LogP contribution in [0.5, 0.6) is 0 Å². The fourth-order valence-corrected chi connectivity index (χ4v) is 2.21. The van der Waals surface area contributed by atoms with Crippen molar-refractivity contribution < 1.29 is 4.74 Å². The Bertz CT molecular complexity index is 290. The molecule has 1 nitrogen and oxygen atoms in total. The lowest BCUT2D eigenvalue weighted by Crippen LogP contribution is -2.15. The molecular weight excluding hydrogens is 184 g/mol. The zero-order chi connectivity index (χ0) is 10.5. The molecule has 82 valence electrons. The van der Waals surface area contributed by atoms with Crippen molar-refractivity contribution in [3.8, 4) is 0 Å². The van der Waals surface area contributed by atoms with E-state index < -0.39 is 0 Å². The van der Waals surface area contributed by atoms with E-state index in [2.05, 4.69) is 31.2 Å². The van der Waals surface area contributed by atoms with Crippen molar-refractivity contribution in [2.45, 2.75) is 32.6 Å². The highest BCUT2D eigenvalue weighted by Gasteiger charge is 2.14. The first-order valence-electron chi connectivity index (χ1n) is 5.96. The minimum atomic E-state index is 0.841. The summed E-state index contributed by atoms with van der Waals surface area (Å²) in [5.74, 6) is 0.841. The summed E-state index contributed by atoms with van der Waals surface area (Å²) < 4.78 is 5.38. The number of allylic oxidation sites excluding steroid dienone is 6. The zero-order valence-corrected chi connectivity index (χ0v) is 9.54. The predicted molar refractivity (Wildman–Crippen MR) is 63.8 cm³/mol. The third-order valence-electron chi connectivity index (χ3n) is 3.25. The van der Waals surface area contributed by atoms with Crippen LogP contribution in [-0.4, -0.2) is 13.2 Å². The minimum absolute atomic E-state index is 0.841. The van der Waals surface area contributed by atoms with Gasteiger partial charge in [-0.05, 0) is 38.5 Å². The van der Waals surface area contributed by atoms with Crippen LogP contribution in [-0.2, 0) is 4.74 Å². The Morgan fingerprint density at radius 1 is 1.20 bits per heavy atom. The normalized spacial score (nSPS) is 23.3. The van der Waals surface area contributed by atoms with E-state index >= 15 is 0 Å². The summed E-state index contributed by atoms with van der Waals surface area (Å²) in [5.41, 5.74) is 2.89. The summed E-state index contributed by atoms with van der Waals surface area (Å²) in [7, 11) is 0. The Kier molecular flexibility index (Phi) is 3.79. The molecule has 0 unspecified atom stereocenters. The van der Waals surface area contributed by atoms with Gasteiger partial charge in [-0.2, -0.15) is 0 Å². The van der Waals surface area contributed by atoms with Gasteiger partial charge in [-0.3, -0.25) is 0 Å². The fraction of sp³-hybridized carbons (Fsp3) is 0.571. The average Bonchev–Trinajstić information content (AvgIpc) is 2.46. The van der Waals surface area contributed by atoms with Gasteiger partial charge in [0, 0.05) is 13.2 Å². The molecule has 15 heavy (non-hydrogen) atoms. The molecule has 1 fully saturated rings. The number of ether oxygens (including phenoxy) is 1. The Hall–Kier alpha value is -0.820. The van der Waals surface area contributed by atoms with Crippen molar-refractivity contribution in [3.63, 3.8) is 0 Å². The summed E-state index contributed by atoms with van der Waals surface area (Å²) in [6.07, 6.45) is 14.0. The molecule has 1 saturated heterocycles. The molecule has 1 aliphatic carbocycles. The first kappa shape index (κ1) is 10.7. The van der Waals surface area contributed by atoms with E-state index in [9.17, 15) is 0 Å². The summed E-state index contributed by atoms with van der Waals surface area (Å²) >= 11 is 0. The van der Waals surface area contributed by atoms with Gasteiger partial charge in [0.15, 0.2) is 0 Å². The lowest BCUT2D eigenvalue weighted by Gasteiger charge is -2.22. The molecule has 0 radical (unpaired) electrons. The molecule has 0 aromatic rings. The SMILES string of the molecule is CC1=CCC=C(CC2CCOCC2)C=C1. The molecule has 1 aliphatic heterocycles. The van der Waals surface area contributed by atoms with Crippen molar-refractivity contribution in [2.75, 3.05) is 13.2 Å². The largest absolute Gasteiger partial charge is 0.381 e. The molecule has 0 amide bonds. The Morgan fingerprint density at radius 2 is 2.00 bits per heavy atom. The Balaban J connectivity index is 1.89.